The molecule has 0 aliphatic carbocycles. The van der Waals surface area contributed by atoms with Gasteiger partial charge in [-0.15, -0.1) is 0 Å². The minimum atomic E-state index is -0.888. The van der Waals surface area contributed by atoms with Crippen LogP contribution in [0.1, 0.15) is 27.7 Å². The molecule has 2 aromatic carbocycles. The Morgan fingerprint density at radius 3 is 2.68 bits per heavy atom. The van der Waals surface area contributed by atoms with Gasteiger partial charge in [-0.05, 0) is 48.0 Å². The predicted molar refractivity (Wildman–Crippen MR) is 126 cm³/mol. The molecule has 0 saturated heterocycles. The van der Waals surface area contributed by atoms with E-state index in [9.17, 15) is 14.7 Å². The van der Waals surface area contributed by atoms with Crippen LogP contribution in [0, 0.1) is 0 Å². The molecule has 7 nitrogen and oxygen atoms in total. The normalized spacial score (nSPS) is 15.9. The Morgan fingerprint density at radius 1 is 1.15 bits per heavy atom. The fourth-order valence-corrected chi connectivity index (χ4v) is 4.39. The molecular weight excluding hydrogens is 456 g/mol. The highest BCUT2D eigenvalue weighted by atomic mass is 35.5. The number of aliphatic hydroxyl groups is 1. The van der Waals surface area contributed by atoms with Gasteiger partial charge < -0.3 is 19.2 Å². The van der Waals surface area contributed by atoms with Gasteiger partial charge in [0.2, 0.25) is 5.78 Å². The molecule has 1 atom stereocenters. The summed E-state index contributed by atoms with van der Waals surface area (Å²) in [4.78, 5) is 32.3. The average Bonchev–Trinajstić information content (AvgIpc) is 3.38. The Kier molecular flexibility index (Phi) is 5.55. The van der Waals surface area contributed by atoms with Crippen molar-refractivity contribution in [2.45, 2.75) is 12.6 Å². The van der Waals surface area contributed by atoms with Crippen LogP contribution in [0.4, 0.5) is 0 Å². The van der Waals surface area contributed by atoms with Crippen molar-refractivity contribution in [3.8, 4) is 5.75 Å². The SMILES string of the molecule is COc1ccccc1C1C(C(=O)c2cc3cc(Cl)ccc3o2)=C(O)C(=O)N1Cc1ccncc1. The Balaban J connectivity index is 1.63. The Labute approximate surface area is 199 Å². The number of aromatic nitrogens is 1. The van der Waals surface area contributed by atoms with Crippen molar-refractivity contribution in [3.05, 3.63) is 106 Å². The molecule has 0 fully saturated rings. The van der Waals surface area contributed by atoms with Crippen LogP contribution >= 0.6 is 11.6 Å². The number of carbonyl (C=O) groups is 2. The van der Waals surface area contributed by atoms with E-state index >= 15 is 0 Å². The number of methoxy groups -OCH3 is 1. The minimum Gasteiger partial charge on any atom is -0.503 e. The quantitative estimate of drug-likeness (QED) is 0.383. The van der Waals surface area contributed by atoms with Crippen LogP contribution in [0.3, 0.4) is 0 Å². The number of hydrogen-bond donors (Lipinski definition) is 1. The van der Waals surface area contributed by atoms with Crippen LogP contribution in [0.15, 0.2) is 88.8 Å². The van der Waals surface area contributed by atoms with Gasteiger partial charge in [-0.1, -0.05) is 29.8 Å². The fourth-order valence-electron chi connectivity index (χ4n) is 4.21. The minimum absolute atomic E-state index is 0.00252. The Bertz CT molecular complexity index is 1440. The Morgan fingerprint density at radius 2 is 1.91 bits per heavy atom. The van der Waals surface area contributed by atoms with E-state index < -0.39 is 23.5 Å². The summed E-state index contributed by atoms with van der Waals surface area (Å²) in [5.74, 6) is -1.39. The Hall–Kier alpha value is -4.10. The van der Waals surface area contributed by atoms with Crippen molar-refractivity contribution < 1.29 is 23.8 Å². The number of hydrogen-bond acceptors (Lipinski definition) is 6. The first kappa shape index (κ1) is 21.7. The number of ether oxygens (including phenoxy) is 1. The van der Waals surface area contributed by atoms with E-state index in [-0.39, 0.29) is 17.9 Å². The summed E-state index contributed by atoms with van der Waals surface area (Å²) in [5, 5.41) is 12.0. The lowest BCUT2D eigenvalue weighted by Gasteiger charge is -2.27. The number of amides is 1. The number of fused-ring (bicyclic) bond motifs is 1. The highest BCUT2D eigenvalue weighted by Crippen LogP contribution is 2.43. The maximum atomic E-state index is 13.7. The number of halogens is 1. The molecular formula is C26H19ClN2O5. The van der Waals surface area contributed by atoms with Crippen molar-refractivity contribution in [3.63, 3.8) is 0 Å². The number of ketones is 1. The zero-order valence-corrected chi connectivity index (χ0v) is 18.8. The van der Waals surface area contributed by atoms with E-state index in [1.165, 1.54) is 12.0 Å². The molecule has 1 amide bonds. The summed E-state index contributed by atoms with van der Waals surface area (Å²) in [5.41, 5.74) is 1.76. The lowest BCUT2D eigenvalue weighted by Crippen LogP contribution is -2.31. The molecule has 8 heteroatoms. The van der Waals surface area contributed by atoms with Gasteiger partial charge in [0, 0.05) is 34.9 Å². The van der Waals surface area contributed by atoms with Gasteiger partial charge in [-0.25, -0.2) is 0 Å². The van der Waals surface area contributed by atoms with Gasteiger partial charge in [0.25, 0.3) is 5.91 Å². The second-order valence-electron chi connectivity index (χ2n) is 7.82. The predicted octanol–water partition coefficient (Wildman–Crippen LogP) is 5.27. The molecule has 2 aromatic heterocycles. The molecule has 1 unspecified atom stereocenters. The zero-order chi connectivity index (χ0) is 23.8. The van der Waals surface area contributed by atoms with E-state index in [2.05, 4.69) is 4.98 Å². The van der Waals surface area contributed by atoms with Gasteiger partial charge in [-0.2, -0.15) is 0 Å². The number of nitrogens with zero attached hydrogens (tertiary/aromatic N) is 2. The van der Waals surface area contributed by atoms with Crippen molar-refractivity contribution in [1.82, 2.24) is 9.88 Å². The first-order chi connectivity index (χ1) is 16.5. The average molecular weight is 475 g/mol. The van der Waals surface area contributed by atoms with Gasteiger partial charge in [0.15, 0.2) is 11.5 Å². The molecule has 0 saturated carbocycles. The first-order valence-electron chi connectivity index (χ1n) is 10.5. The number of benzene rings is 2. The van der Waals surface area contributed by atoms with E-state index in [4.69, 9.17) is 20.8 Å². The van der Waals surface area contributed by atoms with Crippen molar-refractivity contribution in [1.29, 1.82) is 0 Å². The lowest BCUT2D eigenvalue weighted by atomic mass is 9.94. The van der Waals surface area contributed by atoms with Crippen molar-refractivity contribution in [2.75, 3.05) is 7.11 Å². The van der Waals surface area contributed by atoms with Crippen LogP contribution < -0.4 is 4.74 Å². The monoisotopic (exact) mass is 474 g/mol. The molecule has 3 heterocycles. The maximum absolute atomic E-state index is 13.7. The number of Topliss-reactive ketones (excluding diaryl/α,β-unsaturated/α-hetero) is 1. The van der Waals surface area contributed by atoms with Gasteiger partial charge in [0.1, 0.15) is 11.3 Å². The van der Waals surface area contributed by atoms with Crippen LogP contribution in [-0.4, -0.2) is 33.8 Å². The molecule has 0 spiro atoms. The second-order valence-corrected chi connectivity index (χ2v) is 8.25. The summed E-state index contributed by atoms with van der Waals surface area (Å²) >= 11 is 6.06. The van der Waals surface area contributed by atoms with Crippen molar-refractivity contribution >= 4 is 34.3 Å². The summed E-state index contributed by atoms with van der Waals surface area (Å²) < 4.78 is 11.3. The number of aliphatic hydroxyl groups excluding tert-OH is 1. The first-order valence-corrected chi connectivity index (χ1v) is 10.9. The highest BCUT2D eigenvalue weighted by Gasteiger charge is 2.45. The number of carbonyl (C=O) groups excluding carboxylic acids is 2. The number of para-hydroxylation sites is 1. The van der Waals surface area contributed by atoms with Crippen molar-refractivity contribution in [2.24, 2.45) is 0 Å². The largest absolute Gasteiger partial charge is 0.503 e. The van der Waals surface area contributed by atoms with Gasteiger partial charge in [0.05, 0.1) is 18.7 Å². The van der Waals surface area contributed by atoms with Crippen LogP contribution in [0.25, 0.3) is 11.0 Å². The van der Waals surface area contributed by atoms with E-state index in [0.717, 1.165) is 5.56 Å². The number of furan rings is 1. The molecule has 1 aliphatic heterocycles. The fraction of sp³-hybridized carbons (Fsp3) is 0.115. The third-order valence-corrected chi connectivity index (χ3v) is 6.02. The third kappa shape index (κ3) is 3.70. The molecule has 34 heavy (non-hydrogen) atoms. The molecule has 1 N–H and O–H groups in total. The second kappa shape index (κ2) is 8.68. The molecule has 170 valence electrons. The van der Waals surface area contributed by atoms with E-state index in [1.54, 1.807) is 73.1 Å². The number of pyridine rings is 1. The summed E-state index contributed by atoms with van der Waals surface area (Å²) in [6.45, 7) is 0.153. The molecule has 4 aromatic rings. The topological polar surface area (TPSA) is 92.9 Å². The molecule has 1 aliphatic rings. The van der Waals surface area contributed by atoms with Gasteiger partial charge in [-0.3, -0.25) is 14.6 Å². The molecule has 0 radical (unpaired) electrons. The van der Waals surface area contributed by atoms with Gasteiger partial charge >= 0.3 is 0 Å². The summed E-state index contributed by atoms with van der Waals surface area (Å²) in [6.07, 6.45) is 3.24. The summed E-state index contributed by atoms with van der Waals surface area (Å²) in [6, 6.07) is 16.3. The standard InChI is InChI=1S/C26H19ClN2O5/c1-33-20-5-3-2-4-18(20)23-22(24(30)21-13-16-12-17(27)6-7-19(16)34-21)25(31)26(32)29(23)14-15-8-10-28-11-9-15/h2-13,23,31H,14H2,1H3. The molecule has 0 bridgehead atoms. The van der Waals surface area contributed by atoms with E-state index in [0.29, 0.717) is 27.3 Å². The third-order valence-electron chi connectivity index (χ3n) is 5.79. The zero-order valence-electron chi connectivity index (χ0n) is 18.1. The highest BCUT2D eigenvalue weighted by molar-refractivity contribution is 6.31. The van der Waals surface area contributed by atoms with Crippen LogP contribution in [0.5, 0.6) is 5.75 Å². The lowest BCUT2D eigenvalue weighted by molar-refractivity contribution is -0.130. The van der Waals surface area contributed by atoms with Crippen LogP contribution in [0.2, 0.25) is 5.02 Å². The maximum Gasteiger partial charge on any atom is 0.290 e. The molecule has 5 rings (SSSR count). The smallest absolute Gasteiger partial charge is 0.290 e. The summed E-state index contributed by atoms with van der Waals surface area (Å²) in [7, 11) is 1.51. The van der Waals surface area contributed by atoms with E-state index in [1.807, 2.05) is 0 Å². The number of rotatable bonds is 6. The van der Waals surface area contributed by atoms with Crippen LogP contribution in [-0.2, 0) is 11.3 Å².